The molecule has 1 heterocycles. The van der Waals surface area contributed by atoms with Gasteiger partial charge in [0.15, 0.2) is 0 Å². The Morgan fingerprint density at radius 1 is 1.38 bits per heavy atom. The lowest BCUT2D eigenvalue weighted by Crippen LogP contribution is -2.24. The molecule has 0 aliphatic carbocycles. The number of aryl methyl sites for hydroxylation is 2. The third-order valence-corrected chi connectivity index (χ3v) is 2.57. The Hall–Kier alpha value is -0.870. The third kappa shape index (κ3) is 3.61. The number of nitrogens with one attached hydrogen (secondary N) is 1. The van der Waals surface area contributed by atoms with Crippen LogP contribution in [0.4, 0.5) is 0 Å². The Balaban J connectivity index is 2.32. The Morgan fingerprint density at radius 2 is 2.12 bits per heavy atom. The van der Waals surface area contributed by atoms with Gasteiger partial charge in [0.1, 0.15) is 5.76 Å². The fraction of sp³-hybridized carbons (Fsp3) is 0.750. The molecule has 1 rings (SSSR count). The van der Waals surface area contributed by atoms with E-state index in [4.69, 9.17) is 9.26 Å². The molecule has 1 unspecified atom stereocenters. The van der Waals surface area contributed by atoms with Crippen molar-refractivity contribution >= 4 is 0 Å². The van der Waals surface area contributed by atoms with Gasteiger partial charge in [-0.1, -0.05) is 12.1 Å². The SMILES string of the molecule is CCCOCCNC(C)c1c(C)noc1C. The highest BCUT2D eigenvalue weighted by Gasteiger charge is 2.15. The molecule has 0 aliphatic heterocycles. The van der Waals surface area contributed by atoms with E-state index in [1.165, 1.54) is 0 Å². The van der Waals surface area contributed by atoms with E-state index in [2.05, 4.69) is 24.3 Å². The van der Waals surface area contributed by atoms with E-state index in [0.717, 1.165) is 43.2 Å². The van der Waals surface area contributed by atoms with Crippen LogP contribution in [0.15, 0.2) is 4.52 Å². The largest absolute Gasteiger partial charge is 0.380 e. The molecule has 0 spiro atoms. The predicted molar refractivity (Wildman–Crippen MR) is 63.5 cm³/mol. The maximum Gasteiger partial charge on any atom is 0.138 e. The molecule has 0 radical (unpaired) electrons. The van der Waals surface area contributed by atoms with E-state index in [-0.39, 0.29) is 6.04 Å². The van der Waals surface area contributed by atoms with Crippen LogP contribution >= 0.6 is 0 Å². The van der Waals surface area contributed by atoms with Crippen molar-refractivity contribution in [1.29, 1.82) is 0 Å². The fourth-order valence-corrected chi connectivity index (χ4v) is 1.80. The van der Waals surface area contributed by atoms with Gasteiger partial charge in [-0.2, -0.15) is 0 Å². The Bertz CT molecular complexity index is 290. The van der Waals surface area contributed by atoms with Crippen LogP contribution in [0.3, 0.4) is 0 Å². The minimum Gasteiger partial charge on any atom is -0.380 e. The van der Waals surface area contributed by atoms with E-state index in [1.54, 1.807) is 0 Å². The maximum absolute atomic E-state index is 5.41. The maximum atomic E-state index is 5.41. The van der Waals surface area contributed by atoms with Gasteiger partial charge >= 0.3 is 0 Å². The lowest BCUT2D eigenvalue weighted by molar-refractivity contribution is 0.134. The van der Waals surface area contributed by atoms with E-state index in [9.17, 15) is 0 Å². The molecule has 1 aromatic heterocycles. The molecule has 0 aliphatic rings. The summed E-state index contributed by atoms with van der Waals surface area (Å²) in [7, 11) is 0. The van der Waals surface area contributed by atoms with Gasteiger partial charge in [-0.3, -0.25) is 0 Å². The van der Waals surface area contributed by atoms with Gasteiger partial charge in [-0.05, 0) is 27.2 Å². The summed E-state index contributed by atoms with van der Waals surface area (Å²) in [5.74, 6) is 0.895. The summed E-state index contributed by atoms with van der Waals surface area (Å²) in [5.41, 5.74) is 2.13. The zero-order valence-electron chi connectivity index (χ0n) is 10.7. The van der Waals surface area contributed by atoms with Crippen molar-refractivity contribution in [3.8, 4) is 0 Å². The number of nitrogens with zero attached hydrogens (tertiary/aromatic N) is 1. The molecule has 1 N–H and O–H groups in total. The first-order chi connectivity index (χ1) is 7.66. The summed E-state index contributed by atoms with van der Waals surface area (Å²) < 4.78 is 10.5. The molecular formula is C12H22N2O2. The lowest BCUT2D eigenvalue weighted by Gasteiger charge is -2.13. The molecule has 0 saturated carbocycles. The average molecular weight is 226 g/mol. The van der Waals surface area contributed by atoms with Crippen LogP contribution in [0, 0.1) is 13.8 Å². The van der Waals surface area contributed by atoms with E-state index in [1.807, 2.05) is 13.8 Å². The van der Waals surface area contributed by atoms with Crippen LogP contribution in [-0.4, -0.2) is 24.9 Å². The van der Waals surface area contributed by atoms with Gasteiger partial charge in [0.25, 0.3) is 0 Å². The highest BCUT2D eigenvalue weighted by atomic mass is 16.5. The Morgan fingerprint density at radius 3 is 2.69 bits per heavy atom. The van der Waals surface area contributed by atoms with E-state index in [0.29, 0.717) is 0 Å². The molecule has 0 bridgehead atoms. The lowest BCUT2D eigenvalue weighted by atomic mass is 10.1. The topological polar surface area (TPSA) is 47.3 Å². The molecule has 0 aromatic carbocycles. The van der Waals surface area contributed by atoms with Crippen LogP contribution in [0.1, 0.15) is 43.3 Å². The number of rotatable bonds is 7. The summed E-state index contributed by atoms with van der Waals surface area (Å²) in [6.07, 6.45) is 1.07. The van der Waals surface area contributed by atoms with Crippen LogP contribution in [0.2, 0.25) is 0 Å². The van der Waals surface area contributed by atoms with Crippen LogP contribution in [-0.2, 0) is 4.74 Å². The second-order valence-electron chi connectivity index (χ2n) is 4.03. The molecule has 16 heavy (non-hydrogen) atoms. The van der Waals surface area contributed by atoms with Gasteiger partial charge in [0.2, 0.25) is 0 Å². The second-order valence-corrected chi connectivity index (χ2v) is 4.03. The fourth-order valence-electron chi connectivity index (χ4n) is 1.80. The number of hydrogen-bond donors (Lipinski definition) is 1. The molecular weight excluding hydrogens is 204 g/mol. The monoisotopic (exact) mass is 226 g/mol. The average Bonchev–Trinajstić information content (AvgIpc) is 2.58. The molecule has 4 heteroatoms. The van der Waals surface area contributed by atoms with Crippen molar-refractivity contribution in [2.24, 2.45) is 0 Å². The predicted octanol–water partition coefficient (Wildman–Crippen LogP) is 2.37. The summed E-state index contributed by atoms with van der Waals surface area (Å²) in [4.78, 5) is 0. The van der Waals surface area contributed by atoms with Gasteiger partial charge in [0.05, 0.1) is 12.3 Å². The molecule has 1 aromatic rings. The second kappa shape index (κ2) is 6.66. The minimum absolute atomic E-state index is 0.261. The van der Waals surface area contributed by atoms with Gasteiger partial charge in [-0.15, -0.1) is 0 Å². The summed E-state index contributed by atoms with van der Waals surface area (Å²) in [5, 5.41) is 7.35. The molecule has 4 nitrogen and oxygen atoms in total. The molecule has 0 fully saturated rings. The van der Waals surface area contributed by atoms with Crippen molar-refractivity contribution in [1.82, 2.24) is 10.5 Å². The van der Waals surface area contributed by atoms with Crippen LogP contribution in [0.25, 0.3) is 0 Å². The Kier molecular flexibility index (Phi) is 5.49. The van der Waals surface area contributed by atoms with E-state index >= 15 is 0 Å². The third-order valence-electron chi connectivity index (χ3n) is 2.57. The molecule has 0 amide bonds. The summed E-state index contributed by atoms with van der Waals surface area (Å²) in [6, 6.07) is 0.261. The minimum atomic E-state index is 0.261. The molecule has 1 atom stereocenters. The zero-order chi connectivity index (χ0) is 12.0. The normalized spacial score (nSPS) is 13.0. The van der Waals surface area contributed by atoms with Crippen LogP contribution < -0.4 is 5.32 Å². The van der Waals surface area contributed by atoms with Crippen molar-refractivity contribution in [3.63, 3.8) is 0 Å². The number of ether oxygens (including phenoxy) is 1. The quantitative estimate of drug-likeness (QED) is 0.725. The highest BCUT2D eigenvalue weighted by Crippen LogP contribution is 2.20. The zero-order valence-corrected chi connectivity index (χ0v) is 10.7. The Labute approximate surface area is 97.3 Å². The standard InChI is InChI=1S/C12H22N2O2/c1-5-7-15-8-6-13-9(2)12-10(3)14-16-11(12)4/h9,13H,5-8H2,1-4H3. The van der Waals surface area contributed by atoms with Crippen molar-refractivity contribution in [2.45, 2.75) is 40.2 Å². The first-order valence-electron chi connectivity index (χ1n) is 5.90. The van der Waals surface area contributed by atoms with Gasteiger partial charge < -0.3 is 14.6 Å². The van der Waals surface area contributed by atoms with Crippen molar-refractivity contribution in [3.05, 3.63) is 17.0 Å². The highest BCUT2D eigenvalue weighted by molar-refractivity contribution is 5.24. The van der Waals surface area contributed by atoms with Gasteiger partial charge in [-0.25, -0.2) is 0 Å². The molecule has 0 saturated heterocycles. The van der Waals surface area contributed by atoms with E-state index < -0.39 is 0 Å². The van der Waals surface area contributed by atoms with Crippen LogP contribution in [0.5, 0.6) is 0 Å². The summed E-state index contributed by atoms with van der Waals surface area (Å²) in [6.45, 7) is 10.6. The smallest absolute Gasteiger partial charge is 0.138 e. The van der Waals surface area contributed by atoms with Crippen molar-refractivity contribution in [2.75, 3.05) is 19.8 Å². The van der Waals surface area contributed by atoms with Gasteiger partial charge in [0, 0.05) is 24.8 Å². The summed E-state index contributed by atoms with van der Waals surface area (Å²) >= 11 is 0. The number of hydrogen-bond acceptors (Lipinski definition) is 4. The first kappa shape index (κ1) is 13.2. The first-order valence-corrected chi connectivity index (χ1v) is 5.90. The van der Waals surface area contributed by atoms with Crippen molar-refractivity contribution < 1.29 is 9.26 Å². The molecule has 92 valence electrons. The number of aromatic nitrogens is 1.